The minimum atomic E-state index is -1.20. The molecule has 39 heavy (non-hydrogen) atoms. The van der Waals surface area contributed by atoms with E-state index in [0.717, 1.165) is 18.7 Å². The molecule has 0 spiro atoms. The van der Waals surface area contributed by atoms with Gasteiger partial charge in [-0.1, -0.05) is 35.4 Å². The standard InChI is InChI=1S/C21H27N2.C11H12O3.HI.Ru/c1-14-9-16(3)20(17(4)10-14)22-7-8-23(13-22)21-18(5)11-15(2)12-19(21)6;1-8-6-4-5-7-9(8)14-11(2,3)10(12)13;;/h9-13H,7-8H2,1-6H3;1,4-7H,2-3H3,(H,12,13);1H;/q-1;;;+1/p-1. The fourth-order valence-corrected chi connectivity index (χ4v) is 7.13. The van der Waals surface area contributed by atoms with Crippen molar-refractivity contribution in [3.8, 4) is 5.75 Å². The summed E-state index contributed by atoms with van der Waals surface area (Å²) in [4.78, 5) is 15.8. The molecule has 1 aliphatic heterocycles. The number of carboxylic acid groups (broad SMARTS) is 1. The van der Waals surface area contributed by atoms with Crippen LogP contribution in [0.2, 0.25) is 0 Å². The van der Waals surface area contributed by atoms with Crippen LogP contribution in [0.4, 0.5) is 11.4 Å². The van der Waals surface area contributed by atoms with Crippen LogP contribution in [0.15, 0.2) is 48.5 Å². The summed E-state index contributed by atoms with van der Waals surface area (Å²) in [7, 11) is 0. The Labute approximate surface area is 251 Å². The summed E-state index contributed by atoms with van der Waals surface area (Å²) in [6.07, 6.45) is 0. The van der Waals surface area contributed by atoms with Crippen LogP contribution in [-0.4, -0.2) is 34.4 Å². The third-order valence-corrected chi connectivity index (χ3v) is 8.69. The maximum absolute atomic E-state index is 11.0. The van der Waals surface area contributed by atoms with E-state index in [-0.39, 0.29) is 13.2 Å². The van der Waals surface area contributed by atoms with Gasteiger partial charge in [0.05, 0.1) is 0 Å². The number of nitrogens with zero attached hydrogens (tertiary/aromatic N) is 2. The van der Waals surface area contributed by atoms with Crippen molar-refractivity contribution >= 4 is 41.7 Å². The van der Waals surface area contributed by atoms with Crippen LogP contribution in [0.5, 0.6) is 5.75 Å². The molecule has 0 bridgehead atoms. The number of carboxylic acids is 1. The Hall–Kier alpha value is -2.25. The minimum Gasteiger partial charge on any atom is -0.502 e. The zero-order chi connectivity index (χ0) is 28.9. The number of ether oxygens (including phenoxy) is 1. The van der Waals surface area contributed by atoms with Crippen molar-refractivity contribution in [2.24, 2.45) is 0 Å². The number of para-hydroxylation sites is 1. The van der Waals surface area contributed by atoms with E-state index in [9.17, 15) is 4.79 Å². The van der Waals surface area contributed by atoms with E-state index in [4.69, 9.17) is 9.84 Å². The number of benzene rings is 3. The zero-order valence-electron chi connectivity index (χ0n) is 24.1. The third kappa shape index (κ3) is 7.91. The summed E-state index contributed by atoms with van der Waals surface area (Å²) in [5, 5.41) is 8.99. The van der Waals surface area contributed by atoms with E-state index < -0.39 is 11.6 Å². The summed E-state index contributed by atoms with van der Waals surface area (Å²) in [5.41, 5.74) is 10.6. The van der Waals surface area contributed by atoms with Gasteiger partial charge in [-0.05, 0) is 63.8 Å². The summed E-state index contributed by atoms with van der Waals surface area (Å²) in [5.74, 6) is -0.342. The molecule has 0 aromatic heterocycles. The second-order valence-corrected chi connectivity index (χ2v) is 14.1. The van der Waals surface area contributed by atoms with Crippen molar-refractivity contribution in [1.29, 1.82) is 0 Å². The maximum Gasteiger partial charge on any atom is 0.0146 e. The molecule has 0 atom stereocenters. The van der Waals surface area contributed by atoms with Crippen molar-refractivity contribution in [2.75, 3.05) is 22.9 Å². The van der Waals surface area contributed by atoms with Crippen LogP contribution >= 0.6 is 19.8 Å². The van der Waals surface area contributed by atoms with Gasteiger partial charge in [0, 0.05) is 24.5 Å². The van der Waals surface area contributed by atoms with Crippen LogP contribution in [0.1, 0.15) is 52.8 Å². The van der Waals surface area contributed by atoms with Gasteiger partial charge in [0.2, 0.25) is 0 Å². The van der Waals surface area contributed by atoms with Gasteiger partial charge >= 0.3 is 113 Å². The number of aliphatic carboxylic acids is 1. The molecule has 1 heterocycles. The molecular formula is C32H39IN2O3Ru-. The molecule has 211 valence electrons. The Balaban J connectivity index is 0.000000231. The molecule has 3 aromatic carbocycles. The van der Waals surface area contributed by atoms with Crippen LogP contribution in [0, 0.1) is 48.2 Å². The molecule has 1 aliphatic rings. The number of rotatable bonds is 6. The van der Waals surface area contributed by atoms with Crippen LogP contribution < -0.4 is 14.5 Å². The first-order chi connectivity index (χ1) is 18.3. The number of aryl methyl sites for hydroxylation is 6. The van der Waals surface area contributed by atoms with E-state index in [1.807, 2.05) is 18.2 Å². The predicted octanol–water partition coefficient (Wildman–Crippen LogP) is 7.49. The Bertz CT molecular complexity index is 1260. The quantitative estimate of drug-likeness (QED) is 0.162. The summed E-state index contributed by atoms with van der Waals surface area (Å²) >= 11 is 2.45. The molecule has 5 nitrogen and oxygen atoms in total. The summed E-state index contributed by atoms with van der Waals surface area (Å²) < 4.78 is 7.61. The Morgan fingerprint density at radius 2 is 1.33 bits per heavy atom. The van der Waals surface area contributed by atoms with Crippen molar-refractivity contribution in [1.82, 2.24) is 0 Å². The minimum absolute atomic E-state index is 0.131. The van der Waals surface area contributed by atoms with Crippen LogP contribution in [0.25, 0.3) is 0 Å². The number of carbonyl (C=O) groups is 1. The van der Waals surface area contributed by atoms with Gasteiger partial charge in [0.25, 0.3) is 0 Å². The van der Waals surface area contributed by atoms with Gasteiger partial charge in [-0.3, -0.25) is 0 Å². The molecule has 1 saturated heterocycles. The SMILES string of the molecule is CC(C)(Oc1ccccc1[CH]=[Ru][I])C(=O)O.Cc1cc(C)c(N2[CH-]N(c3c(C)cc(C)cc3C)CC2)c(C)c1. The van der Waals surface area contributed by atoms with Crippen molar-refractivity contribution in [3.05, 3.63) is 94.1 Å². The van der Waals surface area contributed by atoms with Crippen LogP contribution in [0.3, 0.4) is 0 Å². The van der Waals surface area contributed by atoms with Gasteiger partial charge in [-0.25, -0.2) is 0 Å². The second-order valence-electron chi connectivity index (χ2n) is 10.6. The first kappa shape index (κ1) is 31.3. The Kier molecular flexibility index (Phi) is 10.8. The largest absolute Gasteiger partial charge is 0.502 e. The molecule has 0 amide bonds. The third-order valence-electron chi connectivity index (χ3n) is 6.65. The number of hydrogen-bond acceptors (Lipinski definition) is 4. The van der Waals surface area contributed by atoms with Gasteiger partial charge < -0.3 is 9.80 Å². The fraction of sp³-hybridized carbons (Fsp3) is 0.344. The second kappa shape index (κ2) is 13.4. The number of hydrogen-bond donors (Lipinski definition) is 1. The molecule has 0 unspecified atom stereocenters. The average molecular weight is 728 g/mol. The first-order valence-electron chi connectivity index (χ1n) is 12.9. The molecule has 7 heteroatoms. The molecule has 3 aromatic rings. The van der Waals surface area contributed by atoms with E-state index >= 15 is 0 Å². The fourth-order valence-electron chi connectivity index (χ4n) is 5.11. The molecule has 0 radical (unpaired) electrons. The topological polar surface area (TPSA) is 53.0 Å². The molecule has 4 rings (SSSR count). The van der Waals surface area contributed by atoms with Crippen molar-refractivity contribution in [3.63, 3.8) is 0 Å². The van der Waals surface area contributed by atoms with E-state index in [2.05, 4.69) is 107 Å². The van der Waals surface area contributed by atoms with Crippen molar-refractivity contribution < 1.29 is 27.8 Å². The Morgan fingerprint density at radius 1 is 0.897 bits per heavy atom. The zero-order valence-corrected chi connectivity index (χ0v) is 28.0. The number of halogens is 1. The van der Waals surface area contributed by atoms with Crippen molar-refractivity contribution in [2.45, 2.75) is 61.0 Å². The normalized spacial score (nSPS) is 13.7. The Morgan fingerprint density at radius 3 is 1.74 bits per heavy atom. The molecule has 1 N–H and O–H groups in total. The molecule has 1 fully saturated rings. The monoisotopic (exact) mass is 728 g/mol. The van der Waals surface area contributed by atoms with Crippen LogP contribution in [-0.2, 0) is 18.0 Å². The first-order valence-corrected chi connectivity index (χ1v) is 19.1. The summed E-state index contributed by atoms with van der Waals surface area (Å²) in [6, 6.07) is 16.6. The summed E-state index contributed by atoms with van der Waals surface area (Å²) in [6.45, 7) is 20.7. The van der Waals surface area contributed by atoms with Gasteiger partial charge in [0.15, 0.2) is 0 Å². The number of anilines is 2. The van der Waals surface area contributed by atoms with Gasteiger partial charge in [-0.2, -0.15) is 6.67 Å². The van der Waals surface area contributed by atoms with Gasteiger partial charge in [-0.15, -0.1) is 0 Å². The molecule has 0 aliphatic carbocycles. The molecule has 0 saturated carbocycles. The maximum atomic E-state index is 11.0. The van der Waals surface area contributed by atoms with Gasteiger partial charge in [0.1, 0.15) is 0 Å². The van der Waals surface area contributed by atoms with E-state index in [0.29, 0.717) is 5.75 Å². The predicted molar refractivity (Wildman–Crippen MR) is 168 cm³/mol. The van der Waals surface area contributed by atoms with E-state index in [1.165, 1.54) is 44.8 Å². The van der Waals surface area contributed by atoms with E-state index in [1.54, 1.807) is 19.9 Å². The smallest absolute Gasteiger partial charge is 0.0146 e. The molecular weight excluding hydrogens is 688 g/mol. The average Bonchev–Trinajstić information content (AvgIpc) is 3.28.